The van der Waals surface area contributed by atoms with Gasteiger partial charge in [-0.2, -0.15) is 0 Å². The molecule has 0 aliphatic carbocycles. The highest BCUT2D eigenvalue weighted by Gasteiger charge is 2.13. The predicted octanol–water partition coefficient (Wildman–Crippen LogP) is 1.08. The number of aryl methyl sites for hydroxylation is 1. The van der Waals surface area contributed by atoms with Crippen molar-refractivity contribution >= 4 is 33.7 Å². The molecule has 0 unspecified atom stereocenters. The number of aromatic amines is 1. The molecular weight excluding hydrogens is 360 g/mol. The van der Waals surface area contributed by atoms with E-state index in [1.54, 1.807) is 41.0 Å². The van der Waals surface area contributed by atoms with Gasteiger partial charge in [-0.25, -0.2) is 0 Å². The molecule has 0 spiro atoms. The lowest BCUT2D eigenvalue weighted by Gasteiger charge is -2.15. The van der Waals surface area contributed by atoms with Crippen LogP contribution in [0.5, 0.6) is 0 Å². The molecule has 2 aromatic heterocycles. The van der Waals surface area contributed by atoms with Gasteiger partial charge in [0.05, 0.1) is 11.0 Å². The maximum atomic E-state index is 12.7. The van der Waals surface area contributed by atoms with E-state index >= 15 is 0 Å². The largest absolute Gasteiger partial charge is 0.331 e. The average Bonchev–Trinajstić information content (AvgIpc) is 2.72. The number of benzene rings is 2. The van der Waals surface area contributed by atoms with Crippen molar-refractivity contribution in [3.05, 3.63) is 74.8 Å². The molecule has 2 aromatic carbocycles. The van der Waals surface area contributed by atoms with E-state index < -0.39 is 5.56 Å². The Labute approximate surface area is 158 Å². The number of hydrogen-bond donors (Lipinski definition) is 3. The van der Waals surface area contributed by atoms with E-state index in [1.165, 1.54) is 6.92 Å². The molecule has 9 heteroatoms. The monoisotopic (exact) mass is 376 g/mol. The summed E-state index contributed by atoms with van der Waals surface area (Å²) in [4.78, 5) is 39.2. The molecule has 140 valence electrons. The number of anilines is 1. The first-order valence-electron chi connectivity index (χ1n) is 8.53. The highest BCUT2D eigenvalue weighted by Crippen LogP contribution is 2.18. The third-order valence-corrected chi connectivity index (χ3v) is 4.36. The number of rotatable bonds is 4. The molecule has 0 saturated heterocycles. The second-order valence-electron chi connectivity index (χ2n) is 6.21. The molecule has 0 fully saturated rings. The van der Waals surface area contributed by atoms with E-state index in [9.17, 15) is 14.4 Å². The molecule has 28 heavy (non-hydrogen) atoms. The molecule has 3 N–H and O–H groups in total. The van der Waals surface area contributed by atoms with E-state index in [4.69, 9.17) is 0 Å². The first-order valence-corrected chi connectivity index (χ1v) is 8.53. The zero-order valence-corrected chi connectivity index (χ0v) is 14.9. The molecule has 1 amide bonds. The normalized spacial score (nSPS) is 10.9. The molecule has 4 rings (SSSR count). The zero-order chi connectivity index (χ0) is 19.7. The molecular formula is C19H16N6O3. The smallest absolute Gasteiger partial charge is 0.274 e. The Bertz CT molecular complexity index is 1260. The third-order valence-electron chi connectivity index (χ3n) is 4.36. The maximum Gasteiger partial charge on any atom is 0.274 e. The molecule has 4 aromatic rings. The van der Waals surface area contributed by atoms with Gasteiger partial charge in [0.25, 0.3) is 11.5 Å². The Balaban J connectivity index is 1.67. The Morgan fingerprint density at radius 2 is 1.61 bits per heavy atom. The molecule has 9 nitrogen and oxygen atoms in total. The highest BCUT2D eigenvalue weighted by molar-refractivity contribution is 5.94. The number of hydrogen-bond acceptors (Lipinski definition) is 6. The van der Waals surface area contributed by atoms with Gasteiger partial charge in [0.2, 0.25) is 5.95 Å². The first kappa shape index (κ1) is 17.4. The van der Waals surface area contributed by atoms with Gasteiger partial charge < -0.3 is 4.57 Å². The second-order valence-corrected chi connectivity index (χ2v) is 6.21. The molecule has 0 aliphatic heterocycles. The van der Waals surface area contributed by atoms with E-state index in [0.717, 1.165) is 0 Å². The lowest BCUT2D eigenvalue weighted by molar-refractivity contribution is -0.121. The van der Waals surface area contributed by atoms with Crippen LogP contribution in [0.2, 0.25) is 0 Å². The standard InChI is InChI=1S/C19H16N6O3/c1-11-18(28)20-19(23-21-11)24-22-16(26)10-25-14-8-4-2-6-12(14)17(27)13-7-3-5-9-15(13)25/h2-9H,10H2,1H3,(H,22,26)(H2,20,23,24,28). The fraction of sp³-hybridized carbons (Fsp3) is 0.105. The second kappa shape index (κ2) is 6.95. The summed E-state index contributed by atoms with van der Waals surface area (Å²) in [6, 6.07) is 14.3. The van der Waals surface area contributed by atoms with Crippen LogP contribution >= 0.6 is 0 Å². The number of amides is 1. The van der Waals surface area contributed by atoms with Crippen LogP contribution in [0, 0.1) is 6.92 Å². The minimum atomic E-state index is -0.399. The summed E-state index contributed by atoms with van der Waals surface area (Å²) in [6.45, 7) is 1.48. The summed E-state index contributed by atoms with van der Waals surface area (Å²) in [5.74, 6) is -0.360. The van der Waals surface area contributed by atoms with Crippen molar-refractivity contribution < 1.29 is 4.79 Å². The number of nitrogens with zero attached hydrogens (tertiary/aromatic N) is 3. The van der Waals surface area contributed by atoms with Crippen LogP contribution in [0.4, 0.5) is 5.95 Å². The van der Waals surface area contributed by atoms with Crippen molar-refractivity contribution in [3.8, 4) is 0 Å². The Morgan fingerprint density at radius 3 is 2.21 bits per heavy atom. The fourth-order valence-electron chi connectivity index (χ4n) is 3.01. The van der Waals surface area contributed by atoms with Crippen LogP contribution in [-0.4, -0.2) is 25.7 Å². The summed E-state index contributed by atoms with van der Waals surface area (Å²) < 4.78 is 1.77. The van der Waals surface area contributed by atoms with Gasteiger partial charge in [0, 0.05) is 10.8 Å². The van der Waals surface area contributed by atoms with E-state index in [0.29, 0.717) is 21.8 Å². The van der Waals surface area contributed by atoms with Crippen LogP contribution < -0.4 is 21.8 Å². The van der Waals surface area contributed by atoms with Gasteiger partial charge >= 0.3 is 0 Å². The van der Waals surface area contributed by atoms with Crippen LogP contribution in [0.1, 0.15) is 5.69 Å². The minimum Gasteiger partial charge on any atom is -0.331 e. The fourth-order valence-corrected chi connectivity index (χ4v) is 3.01. The van der Waals surface area contributed by atoms with Crippen molar-refractivity contribution in [2.24, 2.45) is 0 Å². The van der Waals surface area contributed by atoms with Crippen molar-refractivity contribution in [1.29, 1.82) is 0 Å². The minimum absolute atomic E-state index is 0.0265. The number of pyridine rings is 1. The van der Waals surface area contributed by atoms with Gasteiger partial charge in [-0.15, -0.1) is 10.2 Å². The summed E-state index contributed by atoms with van der Waals surface area (Å²) in [7, 11) is 0. The van der Waals surface area contributed by atoms with Crippen molar-refractivity contribution in [2.75, 3.05) is 5.43 Å². The summed E-state index contributed by atoms with van der Waals surface area (Å²) >= 11 is 0. The number of H-pyrrole nitrogens is 1. The topological polar surface area (TPSA) is 122 Å². The number of carbonyl (C=O) groups is 1. The van der Waals surface area contributed by atoms with E-state index in [-0.39, 0.29) is 29.5 Å². The zero-order valence-electron chi connectivity index (χ0n) is 14.9. The highest BCUT2D eigenvalue weighted by atomic mass is 16.2. The van der Waals surface area contributed by atoms with Gasteiger partial charge in [-0.1, -0.05) is 24.3 Å². The van der Waals surface area contributed by atoms with Gasteiger partial charge in [0.15, 0.2) is 5.43 Å². The molecule has 0 aliphatic rings. The number of carbonyl (C=O) groups excluding carboxylic acids is 1. The summed E-state index contributed by atoms with van der Waals surface area (Å²) in [5, 5.41) is 8.51. The third kappa shape index (κ3) is 3.09. The molecule has 0 atom stereocenters. The number of nitrogens with one attached hydrogen (secondary N) is 3. The lowest BCUT2D eigenvalue weighted by atomic mass is 10.1. The summed E-state index contributed by atoms with van der Waals surface area (Å²) in [6.07, 6.45) is 0. The Hall–Kier alpha value is -4.01. The predicted molar refractivity (Wildman–Crippen MR) is 105 cm³/mol. The SMILES string of the molecule is Cc1nnc(NNC(=O)Cn2c3ccccc3c(=O)c3ccccc32)[nH]c1=O. The molecule has 0 bridgehead atoms. The van der Waals surface area contributed by atoms with Crippen LogP contribution in [0.25, 0.3) is 21.8 Å². The Morgan fingerprint density at radius 1 is 1.00 bits per heavy atom. The van der Waals surface area contributed by atoms with Crippen LogP contribution in [-0.2, 0) is 11.3 Å². The average molecular weight is 376 g/mol. The van der Waals surface area contributed by atoms with E-state index in [2.05, 4.69) is 26.0 Å². The van der Waals surface area contributed by atoms with Gasteiger partial charge in [-0.05, 0) is 31.2 Å². The summed E-state index contributed by atoms with van der Waals surface area (Å²) in [5.41, 5.74) is 6.08. The van der Waals surface area contributed by atoms with Gasteiger partial charge in [0.1, 0.15) is 12.2 Å². The van der Waals surface area contributed by atoms with E-state index in [1.807, 2.05) is 12.1 Å². The molecule has 0 saturated carbocycles. The Kier molecular flexibility index (Phi) is 4.32. The molecule has 0 radical (unpaired) electrons. The molecule has 2 heterocycles. The number of hydrazine groups is 1. The quantitative estimate of drug-likeness (QED) is 0.362. The van der Waals surface area contributed by atoms with Crippen molar-refractivity contribution in [2.45, 2.75) is 13.5 Å². The van der Waals surface area contributed by atoms with Crippen LogP contribution in [0.15, 0.2) is 58.1 Å². The lowest BCUT2D eigenvalue weighted by Crippen LogP contribution is -2.34. The number of fused-ring (bicyclic) bond motifs is 2. The maximum absolute atomic E-state index is 12.7. The first-order chi connectivity index (χ1) is 13.5. The van der Waals surface area contributed by atoms with Gasteiger partial charge in [-0.3, -0.25) is 30.2 Å². The van der Waals surface area contributed by atoms with Crippen molar-refractivity contribution in [1.82, 2.24) is 25.2 Å². The number of aromatic nitrogens is 4. The number of para-hydroxylation sites is 2. The van der Waals surface area contributed by atoms with Crippen molar-refractivity contribution in [3.63, 3.8) is 0 Å². The van der Waals surface area contributed by atoms with Crippen LogP contribution in [0.3, 0.4) is 0 Å².